The number of aliphatic hydroxyl groups is 1. The van der Waals surface area contributed by atoms with E-state index in [1.807, 2.05) is 24.3 Å². The van der Waals surface area contributed by atoms with Crippen molar-refractivity contribution in [1.29, 1.82) is 0 Å². The molecular weight excluding hydrogens is 270 g/mol. The van der Waals surface area contributed by atoms with Crippen LogP contribution in [0, 0.1) is 0 Å². The van der Waals surface area contributed by atoms with Crippen LogP contribution in [-0.2, 0) is 22.6 Å². The highest BCUT2D eigenvalue weighted by Gasteiger charge is 2.27. The number of hydrogen-bond donors (Lipinski definition) is 1. The lowest BCUT2D eigenvalue weighted by molar-refractivity contribution is -0.127. The van der Waals surface area contributed by atoms with Crippen LogP contribution < -0.4 is 0 Å². The van der Waals surface area contributed by atoms with Crippen molar-refractivity contribution < 1.29 is 19.4 Å². The number of nitrogens with zero attached hydrogens (tertiary/aromatic N) is 1. The Balaban J connectivity index is 1.63. The highest BCUT2D eigenvalue weighted by molar-refractivity contribution is 5.92. The van der Waals surface area contributed by atoms with Crippen LogP contribution in [0.3, 0.4) is 0 Å². The SMILES string of the molecule is O=C(CCCCCc1cccc(CO)c1)N1CCOC1=O. The number of ether oxygens (including phenoxy) is 1. The molecule has 1 fully saturated rings. The molecule has 0 bridgehead atoms. The Kier molecular flexibility index (Phi) is 5.75. The molecule has 2 rings (SSSR count). The third-order valence-corrected chi connectivity index (χ3v) is 3.59. The molecule has 1 saturated heterocycles. The number of cyclic esters (lactones) is 1. The maximum atomic E-state index is 11.8. The van der Waals surface area contributed by atoms with Crippen LogP contribution in [0.15, 0.2) is 24.3 Å². The quantitative estimate of drug-likeness (QED) is 0.783. The summed E-state index contributed by atoms with van der Waals surface area (Å²) in [5.41, 5.74) is 2.13. The van der Waals surface area contributed by atoms with Crippen molar-refractivity contribution in [2.75, 3.05) is 13.2 Å². The maximum Gasteiger partial charge on any atom is 0.416 e. The molecule has 1 aliphatic heterocycles. The van der Waals surface area contributed by atoms with Gasteiger partial charge in [0.2, 0.25) is 5.91 Å². The third-order valence-electron chi connectivity index (χ3n) is 3.59. The highest BCUT2D eigenvalue weighted by Crippen LogP contribution is 2.12. The van der Waals surface area contributed by atoms with Crippen molar-refractivity contribution in [3.63, 3.8) is 0 Å². The molecule has 1 aromatic rings. The minimum atomic E-state index is -0.513. The van der Waals surface area contributed by atoms with E-state index in [0.29, 0.717) is 19.6 Å². The smallest absolute Gasteiger partial charge is 0.416 e. The van der Waals surface area contributed by atoms with Gasteiger partial charge in [-0.3, -0.25) is 4.79 Å². The summed E-state index contributed by atoms with van der Waals surface area (Å²) in [6.45, 7) is 0.756. The molecule has 1 aliphatic rings. The lowest BCUT2D eigenvalue weighted by atomic mass is 10.0. The number of aliphatic hydroxyl groups excluding tert-OH is 1. The molecule has 5 heteroatoms. The first-order valence-corrected chi connectivity index (χ1v) is 7.36. The second kappa shape index (κ2) is 7.78. The van der Waals surface area contributed by atoms with Gasteiger partial charge >= 0.3 is 6.09 Å². The minimum absolute atomic E-state index is 0.0638. The first-order valence-electron chi connectivity index (χ1n) is 7.36. The van der Waals surface area contributed by atoms with Crippen molar-refractivity contribution in [1.82, 2.24) is 4.90 Å². The van der Waals surface area contributed by atoms with E-state index in [1.54, 1.807) is 0 Å². The summed E-state index contributed by atoms with van der Waals surface area (Å²) in [6.07, 6.45) is 3.53. The number of carbonyl (C=O) groups excluding carboxylic acids is 2. The fraction of sp³-hybridized carbons (Fsp3) is 0.500. The topological polar surface area (TPSA) is 66.8 Å². The van der Waals surface area contributed by atoms with E-state index in [4.69, 9.17) is 9.84 Å². The fourth-order valence-corrected chi connectivity index (χ4v) is 2.42. The van der Waals surface area contributed by atoms with E-state index in [0.717, 1.165) is 31.2 Å². The number of amides is 2. The van der Waals surface area contributed by atoms with Crippen LogP contribution in [0.2, 0.25) is 0 Å². The number of imide groups is 1. The summed E-state index contributed by atoms with van der Waals surface area (Å²) in [7, 11) is 0. The van der Waals surface area contributed by atoms with Crippen LogP contribution in [0.1, 0.15) is 36.8 Å². The lowest BCUT2D eigenvalue weighted by Gasteiger charge is -2.10. The van der Waals surface area contributed by atoms with Gasteiger partial charge in [-0.2, -0.15) is 0 Å². The highest BCUT2D eigenvalue weighted by atomic mass is 16.6. The summed E-state index contributed by atoms with van der Waals surface area (Å²) in [6, 6.07) is 7.90. The molecule has 0 unspecified atom stereocenters. The Bertz CT molecular complexity index is 501. The van der Waals surface area contributed by atoms with Gasteiger partial charge in [0, 0.05) is 6.42 Å². The van der Waals surface area contributed by atoms with Crippen LogP contribution in [0.5, 0.6) is 0 Å². The molecule has 1 N–H and O–H groups in total. The van der Waals surface area contributed by atoms with Crippen LogP contribution in [0.4, 0.5) is 4.79 Å². The Morgan fingerprint density at radius 1 is 1.24 bits per heavy atom. The predicted octanol–water partition coefficient (Wildman–Crippen LogP) is 2.26. The van der Waals surface area contributed by atoms with Crippen molar-refractivity contribution in [2.45, 2.75) is 38.7 Å². The molecule has 0 aliphatic carbocycles. The van der Waals surface area contributed by atoms with Gasteiger partial charge in [-0.1, -0.05) is 30.7 Å². The van der Waals surface area contributed by atoms with E-state index in [-0.39, 0.29) is 12.5 Å². The zero-order valence-electron chi connectivity index (χ0n) is 12.1. The Morgan fingerprint density at radius 2 is 2.05 bits per heavy atom. The summed E-state index contributed by atoms with van der Waals surface area (Å²) >= 11 is 0. The number of hydrogen-bond acceptors (Lipinski definition) is 4. The number of carbonyl (C=O) groups is 2. The van der Waals surface area contributed by atoms with Gasteiger partial charge in [-0.05, 0) is 30.4 Å². The van der Waals surface area contributed by atoms with Gasteiger partial charge in [0.25, 0.3) is 0 Å². The molecule has 0 saturated carbocycles. The summed E-state index contributed by atoms with van der Waals surface area (Å²) in [4.78, 5) is 24.2. The molecule has 114 valence electrons. The van der Waals surface area contributed by atoms with E-state index < -0.39 is 6.09 Å². The average molecular weight is 291 g/mol. The molecule has 0 aromatic heterocycles. The molecular formula is C16H21NO4. The Labute approximate surface area is 124 Å². The summed E-state index contributed by atoms with van der Waals surface area (Å²) in [5.74, 6) is -0.139. The van der Waals surface area contributed by atoms with E-state index in [9.17, 15) is 9.59 Å². The van der Waals surface area contributed by atoms with E-state index in [1.165, 1.54) is 10.5 Å². The van der Waals surface area contributed by atoms with Crippen molar-refractivity contribution in [3.05, 3.63) is 35.4 Å². The Morgan fingerprint density at radius 3 is 2.76 bits per heavy atom. The standard InChI is InChI=1S/C16H21NO4/c18-12-14-7-4-6-13(11-14)5-2-1-3-8-15(19)17-9-10-21-16(17)20/h4,6-7,11,18H,1-3,5,8-10,12H2. The molecule has 0 spiro atoms. The van der Waals surface area contributed by atoms with E-state index in [2.05, 4.69) is 0 Å². The van der Waals surface area contributed by atoms with Gasteiger partial charge in [0.15, 0.2) is 0 Å². The summed E-state index contributed by atoms with van der Waals surface area (Å²) in [5, 5.41) is 9.08. The molecule has 2 amide bonds. The van der Waals surface area contributed by atoms with Crippen molar-refractivity contribution >= 4 is 12.0 Å². The van der Waals surface area contributed by atoms with Gasteiger partial charge in [0.1, 0.15) is 6.61 Å². The molecule has 0 radical (unpaired) electrons. The van der Waals surface area contributed by atoms with Crippen molar-refractivity contribution in [2.24, 2.45) is 0 Å². The second-order valence-corrected chi connectivity index (χ2v) is 5.20. The number of unbranched alkanes of at least 4 members (excludes halogenated alkanes) is 2. The van der Waals surface area contributed by atoms with E-state index >= 15 is 0 Å². The van der Waals surface area contributed by atoms with Gasteiger partial charge < -0.3 is 9.84 Å². The normalized spacial score (nSPS) is 14.3. The molecule has 21 heavy (non-hydrogen) atoms. The molecule has 1 aromatic carbocycles. The van der Waals surface area contributed by atoms with Gasteiger partial charge in [-0.15, -0.1) is 0 Å². The van der Waals surface area contributed by atoms with Gasteiger partial charge in [-0.25, -0.2) is 9.69 Å². The molecule has 0 atom stereocenters. The summed E-state index contributed by atoms with van der Waals surface area (Å²) < 4.78 is 4.74. The Hall–Kier alpha value is -1.88. The zero-order valence-corrected chi connectivity index (χ0v) is 12.1. The molecule has 1 heterocycles. The second-order valence-electron chi connectivity index (χ2n) is 5.20. The zero-order chi connectivity index (χ0) is 15.1. The minimum Gasteiger partial charge on any atom is -0.447 e. The van der Waals surface area contributed by atoms with Crippen molar-refractivity contribution in [3.8, 4) is 0 Å². The maximum absolute atomic E-state index is 11.8. The van der Waals surface area contributed by atoms with Gasteiger partial charge in [0.05, 0.1) is 13.2 Å². The third kappa shape index (κ3) is 4.56. The largest absolute Gasteiger partial charge is 0.447 e. The first-order chi connectivity index (χ1) is 10.2. The van der Waals surface area contributed by atoms with Crippen LogP contribution in [-0.4, -0.2) is 35.2 Å². The predicted molar refractivity (Wildman–Crippen MR) is 77.6 cm³/mol. The first kappa shape index (κ1) is 15.5. The molecule has 5 nitrogen and oxygen atoms in total. The average Bonchev–Trinajstić information content (AvgIpc) is 2.93. The van der Waals surface area contributed by atoms with Crippen LogP contribution >= 0.6 is 0 Å². The fourth-order valence-electron chi connectivity index (χ4n) is 2.42. The van der Waals surface area contributed by atoms with Crippen LogP contribution in [0.25, 0.3) is 0 Å². The monoisotopic (exact) mass is 291 g/mol. The lowest BCUT2D eigenvalue weighted by Crippen LogP contribution is -2.31. The number of rotatable bonds is 7. The number of benzene rings is 1. The number of aryl methyl sites for hydroxylation is 1.